The molecule has 0 atom stereocenters. The summed E-state index contributed by atoms with van der Waals surface area (Å²) >= 11 is 0. The molecule has 1 amide bonds. The van der Waals surface area contributed by atoms with Gasteiger partial charge in [-0.05, 0) is 23.8 Å². The third-order valence-electron chi connectivity index (χ3n) is 4.02. The summed E-state index contributed by atoms with van der Waals surface area (Å²) in [6, 6.07) is 21.3. The molecule has 28 heavy (non-hydrogen) atoms. The number of para-hydroxylation sites is 1. The zero-order valence-electron chi connectivity index (χ0n) is 14.8. The van der Waals surface area contributed by atoms with Crippen LogP contribution >= 0.6 is 0 Å². The Balaban J connectivity index is 1.80. The lowest BCUT2D eigenvalue weighted by molar-refractivity contribution is -0.385. The fourth-order valence-electron chi connectivity index (χ4n) is 2.67. The van der Waals surface area contributed by atoms with Gasteiger partial charge in [-0.15, -0.1) is 0 Å². The van der Waals surface area contributed by atoms with Gasteiger partial charge in [0.1, 0.15) is 5.82 Å². The Hall–Kier alpha value is -3.74. The highest BCUT2D eigenvalue weighted by atomic mass is 19.1. The molecule has 7 heteroatoms. The van der Waals surface area contributed by atoms with E-state index in [9.17, 15) is 19.3 Å². The molecule has 6 nitrogen and oxygen atoms in total. The van der Waals surface area contributed by atoms with Gasteiger partial charge in [-0.1, -0.05) is 48.5 Å². The first-order valence-electron chi connectivity index (χ1n) is 8.50. The lowest BCUT2D eigenvalue weighted by Gasteiger charge is -2.23. The number of hydrogen-bond donors (Lipinski definition) is 0. The van der Waals surface area contributed by atoms with E-state index in [1.807, 2.05) is 36.4 Å². The minimum Gasteiger partial charge on any atom is -0.477 e. The summed E-state index contributed by atoms with van der Waals surface area (Å²) in [5, 5.41) is 11.1. The molecular weight excluding hydrogens is 363 g/mol. The highest BCUT2D eigenvalue weighted by molar-refractivity contribution is 5.94. The van der Waals surface area contributed by atoms with E-state index in [2.05, 4.69) is 0 Å². The van der Waals surface area contributed by atoms with E-state index in [0.717, 1.165) is 23.8 Å². The molecule has 142 valence electrons. The Morgan fingerprint density at radius 2 is 1.64 bits per heavy atom. The van der Waals surface area contributed by atoms with Crippen LogP contribution in [0.3, 0.4) is 0 Å². The molecular formula is C21H17FN2O4. The first-order chi connectivity index (χ1) is 13.5. The Labute approximate surface area is 160 Å². The maximum atomic E-state index is 13.4. The first-order valence-corrected chi connectivity index (χ1v) is 8.50. The molecule has 0 spiro atoms. The third kappa shape index (κ3) is 4.70. The van der Waals surface area contributed by atoms with Crippen LogP contribution in [0.15, 0.2) is 78.9 Å². The van der Waals surface area contributed by atoms with Crippen molar-refractivity contribution in [2.45, 2.75) is 6.54 Å². The van der Waals surface area contributed by atoms with Gasteiger partial charge in [0.05, 0.1) is 11.5 Å². The van der Waals surface area contributed by atoms with Crippen molar-refractivity contribution in [3.8, 4) is 5.75 Å². The van der Waals surface area contributed by atoms with Gasteiger partial charge < -0.3 is 9.64 Å². The van der Waals surface area contributed by atoms with Crippen molar-refractivity contribution in [1.29, 1.82) is 0 Å². The molecule has 3 aromatic rings. The molecule has 0 N–H and O–H groups in total. The third-order valence-corrected chi connectivity index (χ3v) is 4.02. The second-order valence-electron chi connectivity index (χ2n) is 5.96. The minimum atomic E-state index is -0.683. The summed E-state index contributed by atoms with van der Waals surface area (Å²) in [6.07, 6.45) is 0. The monoisotopic (exact) mass is 380 g/mol. The second-order valence-corrected chi connectivity index (χ2v) is 5.96. The van der Waals surface area contributed by atoms with Gasteiger partial charge >= 0.3 is 5.69 Å². The van der Waals surface area contributed by atoms with Gasteiger partial charge in [-0.25, -0.2) is 4.39 Å². The maximum absolute atomic E-state index is 13.4. The molecule has 0 aliphatic carbocycles. The zero-order chi connectivity index (χ0) is 19.9. The fraction of sp³-hybridized carbons (Fsp3) is 0.0952. The van der Waals surface area contributed by atoms with Crippen LogP contribution in [-0.2, 0) is 11.3 Å². The zero-order valence-corrected chi connectivity index (χ0v) is 14.8. The summed E-state index contributed by atoms with van der Waals surface area (Å²) in [5.74, 6) is -1.38. The average molecular weight is 380 g/mol. The summed E-state index contributed by atoms with van der Waals surface area (Å²) in [5.41, 5.74) is 1.17. The van der Waals surface area contributed by atoms with Gasteiger partial charge in [0.15, 0.2) is 6.61 Å². The summed E-state index contributed by atoms with van der Waals surface area (Å²) in [7, 11) is 0. The molecule has 0 aliphatic heterocycles. The van der Waals surface area contributed by atoms with Crippen LogP contribution < -0.4 is 9.64 Å². The first kappa shape index (κ1) is 19.0. The molecule has 0 unspecified atom stereocenters. The highest BCUT2D eigenvalue weighted by Gasteiger charge is 2.20. The summed E-state index contributed by atoms with van der Waals surface area (Å²) in [6.45, 7) is -0.162. The van der Waals surface area contributed by atoms with E-state index in [0.29, 0.717) is 12.2 Å². The Bertz CT molecular complexity index is 965. The quantitative estimate of drug-likeness (QED) is 0.451. The largest absolute Gasteiger partial charge is 0.477 e. The van der Waals surface area contributed by atoms with Crippen molar-refractivity contribution >= 4 is 17.3 Å². The van der Waals surface area contributed by atoms with Gasteiger partial charge in [0, 0.05) is 17.8 Å². The molecule has 0 heterocycles. The van der Waals surface area contributed by atoms with E-state index in [1.165, 1.54) is 4.90 Å². The Morgan fingerprint density at radius 1 is 1.00 bits per heavy atom. The predicted molar refractivity (Wildman–Crippen MR) is 103 cm³/mol. The van der Waals surface area contributed by atoms with Crippen molar-refractivity contribution in [1.82, 2.24) is 0 Å². The maximum Gasteiger partial charge on any atom is 0.311 e. The highest BCUT2D eigenvalue weighted by Crippen LogP contribution is 2.27. The van der Waals surface area contributed by atoms with Gasteiger partial charge in [-0.3, -0.25) is 14.9 Å². The van der Waals surface area contributed by atoms with Crippen LogP contribution in [0.5, 0.6) is 5.75 Å². The minimum absolute atomic E-state index is 0.286. The number of nitro benzene ring substituents is 1. The molecule has 3 rings (SSSR count). The van der Waals surface area contributed by atoms with Crippen LogP contribution in [0.4, 0.5) is 15.8 Å². The van der Waals surface area contributed by atoms with Crippen LogP contribution in [0.2, 0.25) is 0 Å². The van der Waals surface area contributed by atoms with E-state index < -0.39 is 28.9 Å². The summed E-state index contributed by atoms with van der Waals surface area (Å²) in [4.78, 5) is 24.7. The van der Waals surface area contributed by atoms with Gasteiger partial charge in [0.25, 0.3) is 5.91 Å². The smallest absolute Gasteiger partial charge is 0.311 e. The van der Waals surface area contributed by atoms with Crippen molar-refractivity contribution in [3.05, 3.63) is 100 Å². The SMILES string of the molecule is O=C(COc1cc(F)ccc1[N+](=O)[O-])N(Cc1ccccc1)c1ccccc1. The topological polar surface area (TPSA) is 72.7 Å². The number of nitrogens with zero attached hydrogens (tertiary/aromatic N) is 2. The van der Waals surface area contributed by atoms with E-state index in [4.69, 9.17) is 4.74 Å². The van der Waals surface area contributed by atoms with Crippen molar-refractivity contribution in [2.24, 2.45) is 0 Å². The van der Waals surface area contributed by atoms with Gasteiger partial charge in [-0.2, -0.15) is 0 Å². The number of nitro groups is 1. The number of hydrogen-bond acceptors (Lipinski definition) is 4. The molecule has 0 radical (unpaired) electrons. The number of halogens is 1. The lowest BCUT2D eigenvalue weighted by atomic mass is 10.2. The molecule has 0 bridgehead atoms. The lowest BCUT2D eigenvalue weighted by Crippen LogP contribution is -2.34. The molecule has 0 fully saturated rings. The van der Waals surface area contributed by atoms with E-state index in [-0.39, 0.29) is 5.75 Å². The van der Waals surface area contributed by atoms with Crippen LogP contribution in [0, 0.1) is 15.9 Å². The normalized spacial score (nSPS) is 10.3. The molecule has 3 aromatic carbocycles. The van der Waals surface area contributed by atoms with Crippen molar-refractivity contribution < 1.29 is 18.8 Å². The number of rotatable bonds is 7. The number of carbonyl (C=O) groups excluding carboxylic acids is 1. The van der Waals surface area contributed by atoms with E-state index in [1.54, 1.807) is 24.3 Å². The Morgan fingerprint density at radius 3 is 2.29 bits per heavy atom. The number of amides is 1. The van der Waals surface area contributed by atoms with Gasteiger partial charge in [0.2, 0.25) is 5.75 Å². The molecule has 0 aromatic heterocycles. The van der Waals surface area contributed by atoms with E-state index >= 15 is 0 Å². The predicted octanol–water partition coefficient (Wildman–Crippen LogP) is 4.35. The standard InChI is InChI=1S/C21H17FN2O4/c22-17-11-12-19(24(26)27)20(13-17)28-15-21(25)23(18-9-5-2-6-10-18)14-16-7-3-1-4-8-16/h1-13H,14-15H2. The van der Waals surface area contributed by atoms with Crippen molar-refractivity contribution in [3.63, 3.8) is 0 Å². The number of ether oxygens (including phenoxy) is 1. The summed E-state index contributed by atoms with van der Waals surface area (Å²) < 4.78 is 18.8. The number of anilines is 1. The van der Waals surface area contributed by atoms with Crippen molar-refractivity contribution in [2.75, 3.05) is 11.5 Å². The van der Waals surface area contributed by atoms with Crippen LogP contribution in [0.25, 0.3) is 0 Å². The van der Waals surface area contributed by atoms with Crippen LogP contribution in [0.1, 0.15) is 5.56 Å². The average Bonchev–Trinajstić information content (AvgIpc) is 2.71. The number of benzene rings is 3. The van der Waals surface area contributed by atoms with Crippen LogP contribution in [-0.4, -0.2) is 17.4 Å². The molecule has 0 aliphatic rings. The molecule has 0 saturated heterocycles. The molecule has 0 saturated carbocycles. The second kappa shape index (κ2) is 8.77. The Kier molecular flexibility index (Phi) is 5.96. The number of carbonyl (C=O) groups is 1. The fourth-order valence-corrected chi connectivity index (χ4v) is 2.67.